The Hall–Kier alpha value is -1.69. The topological polar surface area (TPSA) is 47.3 Å². The monoisotopic (exact) mass is 312 g/mol. The number of halogens is 3. The lowest BCUT2D eigenvalue weighted by Crippen LogP contribution is -2.30. The summed E-state index contributed by atoms with van der Waals surface area (Å²) in [7, 11) is 1.47. The summed E-state index contributed by atoms with van der Waals surface area (Å²) >= 11 is 5.90. The molecule has 0 bridgehead atoms. The smallest absolute Gasteiger partial charge is 0.164 e. The van der Waals surface area contributed by atoms with Crippen LogP contribution >= 0.6 is 11.6 Å². The lowest BCUT2D eigenvalue weighted by Gasteiger charge is -2.20. The maximum Gasteiger partial charge on any atom is 0.164 e. The first-order valence-corrected chi connectivity index (χ1v) is 6.61. The molecule has 0 spiro atoms. The molecular weight excluding hydrogens is 298 g/mol. The third kappa shape index (κ3) is 3.00. The van der Waals surface area contributed by atoms with Crippen LogP contribution in [0.2, 0.25) is 5.02 Å². The molecule has 6 heteroatoms. The summed E-state index contributed by atoms with van der Waals surface area (Å²) in [4.78, 5) is 0. The van der Waals surface area contributed by atoms with Crippen LogP contribution in [0.15, 0.2) is 30.3 Å². The number of rotatable bonds is 4. The van der Waals surface area contributed by atoms with E-state index < -0.39 is 17.7 Å². The van der Waals surface area contributed by atoms with Crippen molar-refractivity contribution in [1.82, 2.24) is 5.43 Å². The normalized spacial score (nSPS) is 12.3. The molecule has 0 amide bonds. The molecular formula is C15H15ClF2N2O. The van der Waals surface area contributed by atoms with E-state index in [2.05, 4.69) is 5.43 Å². The zero-order valence-corrected chi connectivity index (χ0v) is 12.3. The highest BCUT2D eigenvalue weighted by atomic mass is 35.5. The van der Waals surface area contributed by atoms with Crippen LogP contribution < -0.4 is 16.0 Å². The van der Waals surface area contributed by atoms with Gasteiger partial charge in [0, 0.05) is 16.1 Å². The van der Waals surface area contributed by atoms with E-state index >= 15 is 0 Å². The van der Waals surface area contributed by atoms with Crippen molar-refractivity contribution >= 4 is 11.6 Å². The number of methoxy groups -OCH3 is 1. The summed E-state index contributed by atoms with van der Waals surface area (Å²) in [6, 6.07) is 7.11. The van der Waals surface area contributed by atoms with E-state index in [0.29, 0.717) is 16.3 Å². The van der Waals surface area contributed by atoms with Crippen LogP contribution in [-0.2, 0) is 0 Å². The molecule has 0 aromatic heterocycles. The Morgan fingerprint density at radius 1 is 1.14 bits per heavy atom. The van der Waals surface area contributed by atoms with Gasteiger partial charge in [-0.15, -0.1) is 0 Å². The molecule has 1 atom stereocenters. The molecule has 0 aliphatic carbocycles. The molecule has 0 aliphatic rings. The molecule has 3 N–H and O–H groups in total. The predicted molar refractivity (Wildman–Crippen MR) is 78.3 cm³/mol. The Kier molecular flexibility index (Phi) is 4.77. The summed E-state index contributed by atoms with van der Waals surface area (Å²) in [5, 5.41) is 0.474. The highest BCUT2D eigenvalue weighted by molar-refractivity contribution is 6.30. The van der Waals surface area contributed by atoms with Gasteiger partial charge in [0.1, 0.15) is 5.75 Å². The van der Waals surface area contributed by atoms with Crippen molar-refractivity contribution in [3.8, 4) is 5.75 Å². The van der Waals surface area contributed by atoms with Crippen LogP contribution in [0.25, 0.3) is 0 Å². The molecule has 0 fully saturated rings. The van der Waals surface area contributed by atoms with Gasteiger partial charge in [-0.1, -0.05) is 29.8 Å². The van der Waals surface area contributed by atoms with Gasteiger partial charge in [0.15, 0.2) is 11.6 Å². The SMILES string of the molecule is COc1cc(Cl)ccc1C(NN)c1ccc(C)c(F)c1F. The van der Waals surface area contributed by atoms with Crippen molar-refractivity contribution in [2.45, 2.75) is 13.0 Å². The largest absolute Gasteiger partial charge is 0.496 e. The van der Waals surface area contributed by atoms with E-state index in [1.807, 2.05) is 0 Å². The summed E-state index contributed by atoms with van der Waals surface area (Å²) in [6.45, 7) is 1.50. The van der Waals surface area contributed by atoms with E-state index in [1.54, 1.807) is 18.2 Å². The average Bonchev–Trinajstić information content (AvgIpc) is 2.48. The Morgan fingerprint density at radius 2 is 1.81 bits per heavy atom. The van der Waals surface area contributed by atoms with Crippen LogP contribution in [0.3, 0.4) is 0 Å². The quantitative estimate of drug-likeness (QED) is 0.671. The molecule has 2 aromatic carbocycles. The van der Waals surface area contributed by atoms with Gasteiger partial charge in [-0.2, -0.15) is 0 Å². The zero-order chi connectivity index (χ0) is 15.6. The molecule has 1 unspecified atom stereocenters. The minimum absolute atomic E-state index is 0.0984. The molecule has 0 saturated carbocycles. The van der Waals surface area contributed by atoms with Crippen molar-refractivity contribution in [3.05, 3.63) is 63.7 Å². The van der Waals surface area contributed by atoms with Crippen LogP contribution in [0.4, 0.5) is 8.78 Å². The minimum Gasteiger partial charge on any atom is -0.496 e. The first kappa shape index (κ1) is 15.7. The Balaban J connectivity index is 2.57. The molecule has 112 valence electrons. The molecule has 0 radical (unpaired) electrons. The molecule has 3 nitrogen and oxygen atoms in total. The van der Waals surface area contributed by atoms with E-state index in [1.165, 1.54) is 26.2 Å². The summed E-state index contributed by atoms with van der Waals surface area (Å²) in [5.41, 5.74) is 3.38. The van der Waals surface area contributed by atoms with Gasteiger partial charge >= 0.3 is 0 Å². The molecule has 0 aliphatic heterocycles. The second kappa shape index (κ2) is 6.39. The van der Waals surface area contributed by atoms with Crippen molar-refractivity contribution in [1.29, 1.82) is 0 Å². The van der Waals surface area contributed by atoms with Gasteiger partial charge in [0.05, 0.1) is 13.2 Å². The fourth-order valence-electron chi connectivity index (χ4n) is 2.15. The zero-order valence-electron chi connectivity index (χ0n) is 11.6. The molecule has 2 rings (SSSR count). The van der Waals surface area contributed by atoms with Crippen molar-refractivity contribution in [2.75, 3.05) is 7.11 Å². The van der Waals surface area contributed by atoms with Crippen molar-refractivity contribution in [3.63, 3.8) is 0 Å². The summed E-state index contributed by atoms with van der Waals surface area (Å²) in [6.07, 6.45) is 0. The van der Waals surface area contributed by atoms with Crippen LogP contribution in [0.1, 0.15) is 22.7 Å². The number of nitrogens with two attached hydrogens (primary N) is 1. The summed E-state index contributed by atoms with van der Waals surface area (Å²) in [5.74, 6) is 4.14. The van der Waals surface area contributed by atoms with E-state index in [4.69, 9.17) is 22.2 Å². The fraction of sp³-hybridized carbons (Fsp3) is 0.200. The molecule has 0 heterocycles. The number of aryl methyl sites for hydroxylation is 1. The van der Waals surface area contributed by atoms with E-state index in [0.717, 1.165) is 0 Å². The van der Waals surface area contributed by atoms with Crippen molar-refractivity contribution < 1.29 is 13.5 Å². The lowest BCUT2D eigenvalue weighted by atomic mass is 9.96. The predicted octanol–water partition coefficient (Wildman–Crippen LogP) is 3.49. The standard InChI is InChI=1S/C15H15ClF2N2O/c1-8-3-5-11(14(18)13(8)17)15(20-19)10-6-4-9(16)7-12(10)21-2/h3-7,15,20H,19H2,1-2H3. The number of ether oxygens (including phenoxy) is 1. The highest BCUT2D eigenvalue weighted by Crippen LogP contribution is 2.33. The Morgan fingerprint density at radius 3 is 2.43 bits per heavy atom. The number of nitrogens with one attached hydrogen (secondary N) is 1. The number of benzene rings is 2. The van der Waals surface area contributed by atoms with Gasteiger partial charge < -0.3 is 4.74 Å². The number of hydrazine groups is 1. The molecule has 0 saturated heterocycles. The Labute approximate surface area is 126 Å². The average molecular weight is 313 g/mol. The molecule has 21 heavy (non-hydrogen) atoms. The second-order valence-electron chi connectivity index (χ2n) is 4.59. The van der Waals surface area contributed by atoms with Crippen LogP contribution in [0.5, 0.6) is 5.75 Å². The fourth-order valence-corrected chi connectivity index (χ4v) is 2.32. The van der Waals surface area contributed by atoms with Gasteiger partial charge in [-0.3, -0.25) is 5.84 Å². The highest BCUT2D eigenvalue weighted by Gasteiger charge is 2.23. The first-order chi connectivity index (χ1) is 9.99. The first-order valence-electron chi connectivity index (χ1n) is 6.23. The Bertz CT molecular complexity index is 664. The summed E-state index contributed by atoms with van der Waals surface area (Å²) < 4.78 is 33.1. The van der Waals surface area contributed by atoms with Crippen molar-refractivity contribution in [2.24, 2.45) is 5.84 Å². The van der Waals surface area contributed by atoms with Crippen LogP contribution in [0, 0.1) is 18.6 Å². The van der Waals surface area contributed by atoms with Gasteiger partial charge in [0.25, 0.3) is 0 Å². The maximum absolute atomic E-state index is 14.2. The van der Waals surface area contributed by atoms with E-state index in [-0.39, 0.29) is 11.1 Å². The van der Waals surface area contributed by atoms with Crippen LogP contribution in [-0.4, -0.2) is 7.11 Å². The van der Waals surface area contributed by atoms with Gasteiger partial charge in [0.2, 0.25) is 0 Å². The lowest BCUT2D eigenvalue weighted by molar-refractivity contribution is 0.402. The maximum atomic E-state index is 14.2. The minimum atomic E-state index is -0.935. The van der Waals surface area contributed by atoms with Gasteiger partial charge in [-0.25, -0.2) is 14.2 Å². The number of hydrogen-bond donors (Lipinski definition) is 2. The third-order valence-corrected chi connectivity index (χ3v) is 3.52. The van der Waals surface area contributed by atoms with Gasteiger partial charge in [-0.05, 0) is 24.6 Å². The third-order valence-electron chi connectivity index (χ3n) is 3.29. The van der Waals surface area contributed by atoms with E-state index in [9.17, 15) is 8.78 Å². The second-order valence-corrected chi connectivity index (χ2v) is 5.02. The number of hydrogen-bond acceptors (Lipinski definition) is 3. The molecule has 2 aromatic rings.